The number of hydrogen-bond donors (Lipinski definition) is 0. The predicted octanol–water partition coefficient (Wildman–Crippen LogP) is 3.22. The first kappa shape index (κ1) is 14.6. The average Bonchev–Trinajstić information content (AvgIpc) is 2.39. The molecule has 0 atom stereocenters. The topological polar surface area (TPSA) is 32.7 Å². The van der Waals surface area contributed by atoms with Crippen LogP contribution in [0.25, 0.3) is 0 Å². The molecule has 0 unspecified atom stereocenters. The highest BCUT2D eigenvalue weighted by Crippen LogP contribution is 2.16. The summed E-state index contributed by atoms with van der Waals surface area (Å²) in [7, 11) is -1.14. The van der Waals surface area contributed by atoms with Crippen molar-refractivity contribution in [1.82, 2.24) is 0 Å². The van der Waals surface area contributed by atoms with Crippen molar-refractivity contribution in [2.45, 2.75) is 39.8 Å². The molecule has 0 bridgehead atoms. The van der Waals surface area contributed by atoms with Crippen LogP contribution in [0.1, 0.15) is 26.7 Å². The van der Waals surface area contributed by atoms with Gasteiger partial charge in [-0.15, -0.1) is 0 Å². The zero-order chi connectivity index (χ0) is 13.5. The van der Waals surface area contributed by atoms with Crippen LogP contribution >= 0.6 is 0 Å². The van der Waals surface area contributed by atoms with E-state index in [9.17, 15) is 4.79 Å². The molecule has 0 aromatic heterocycles. The van der Waals surface area contributed by atoms with Crippen LogP contribution in [-0.4, -0.2) is 20.5 Å². The third kappa shape index (κ3) is 3.80. The number of para-hydroxylation sites is 1. The van der Waals surface area contributed by atoms with Gasteiger partial charge in [-0.05, 0) is 18.6 Å². The van der Waals surface area contributed by atoms with Gasteiger partial charge in [0.1, 0.15) is 5.71 Å². The Bertz CT molecular complexity index is 415. The number of hydrazone groups is 1. The highest BCUT2D eigenvalue weighted by molar-refractivity contribution is 6.60. The van der Waals surface area contributed by atoms with Crippen molar-refractivity contribution in [1.29, 1.82) is 0 Å². The fraction of sp³-hybridized carbons (Fsp3) is 0.429. The van der Waals surface area contributed by atoms with Crippen molar-refractivity contribution in [3.63, 3.8) is 0 Å². The fourth-order valence-electron chi connectivity index (χ4n) is 1.71. The quantitative estimate of drug-likeness (QED) is 0.448. The van der Waals surface area contributed by atoms with Gasteiger partial charge in [0.25, 0.3) is 0 Å². The van der Waals surface area contributed by atoms with Crippen LogP contribution in [0, 0.1) is 0 Å². The Hall–Kier alpha value is -1.42. The zero-order valence-corrected chi connectivity index (χ0v) is 12.8. The Balaban J connectivity index is 3.07. The zero-order valence-electron chi connectivity index (χ0n) is 11.7. The Kier molecular flexibility index (Phi) is 5.78. The maximum Gasteiger partial charge on any atom is 0.178 e. The second kappa shape index (κ2) is 7.11. The van der Waals surface area contributed by atoms with Crippen molar-refractivity contribution in [3.8, 4) is 0 Å². The molecule has 0 saturated heterocycles. The Labute approximate surface area is 111 Å². The summed E-state index contributed by atoms with van der Waals surface area (Å²) >= 11 is 0. The Morgan fingerprint density at radius 1 is 1.17 bits per heavy atom. The summed E-state index contributed by atoms with van der Waals surface area (Å²) in [5, 5.41) is 4.60. The molecule has 0 aliphatic heterocycles. The monoisotopic (exact) mass is 262 g/mol. The molecule has 0 aliphatic carbocycles. The molecule has 18 heavy (non-hydrogen) atoms. The third-order valence-corrected chi connectivity index (χ3v) is 4.11. The highest BCUT2D eigenvalue weighted by Gasteiger charge is 2.14. The SMILES string of the molecule is CCC(=O)C(CC)=NN(c1ccccc1)[SiH](C)C. The summed E-state index contributed by atoms with van der Waals surface area (Å²) in [5.74, 6) is 0.146. The number of carbonyl (C=O) groups excluding carboxylic acids is 1. The number of ketones is 1. The van der Waals surface area contributed by atoms with Crippen molar-refractivity contribution in [2.75, 3.05) is 4.67 Å². The van der Waals surface area contributed by atoms with E-state index in [0.717, 1.165) is 5.69 Å². The van der Waals surface area contributed by atoms with Crippen LogP contribution in [0.2, 0.25) is 13.1 Å². The van der Waals surface area contributed by atoms with Gasteiger partial charge in [0.2, 0.25) is 0 Å². The molecule has 4 heteroatoms. The van der Waals surface area contributed by atoms with Gasteiger partial charge in [0.05, 0.1) is 0 Å². The lowest BCUT2D eigenvalue weighted by Crippen LogP contribution is -2.32. The van der Waals surface area contributed by atoms with E-state index < -0.39 is 8.96 Å². The smallest absolute Gasteiger partial charge is 0.178 e. The Morgan fingerprint density at radius 3 is 2.22 bits per heavy atom. The lowest BCUT2D eigenvalue weighted by Gasteiger charge is -2.24. The van der Waals surface area contributed by atoms with Gasteiger partial charge in [0.15, 0.2) is 14.7 Å². The summed E-state index contributed by atoms with van der Waals surface area (Å²) in [4.78, 5) is 11.8. The lowest BCUT2D eigenvalue weighted by atomic mass is 10.1. The molecule has 0 heterocycles. The van der Waals surface area contributed by atoms with Crippen LogP contribution in [0.3, 0.4) is 0 Å². The van der Waals surface area contributed by atoms with Crippen LogP contribution in [0.15, 0.2) is 35.4 Å². The molecule has 0 aliphatic rings. The van der Waals surface area contributed by atoms with E-state index in [1.807, 2.05) is 48.9 Å². The molecule has 1 aromatic carbocycles. The van der Waals surface area contributed by atoms with Gasteiger partial charge < -0.3 is 0 Å². The van der Waals surface area contributed by atoms with Gasteiger partial charge in [0, 0.05) is 12.1 Å². The molecular formula is C14H22N2OSi. The normalized spacial score (nSPS) is 11.7. The van der Waals surface area contributed by atoms with Gasteiger partial charge in [-0.2, -0.15) is 5.10 Å². The molecule has 0 fully saturated rings. The van der Waals surface area contributed by atoms with E-state index in [1.165, 1.54) is 0 Å². The molecule has 1 rings (SSSR count). The molecule has 0 amide bonds. The second-order valence-electron chi connectivity index (χ2n) is 4.45. The second-order valence-corrected chi connectivity index (χ2v) is 7.13. The maximum absolute atomic E-state index is 11.8. The van der Waals surface area contributed by atoms with Crippen LogP contribution in [0.5, 0.6) is 0 Å². The summed E-state index contributed by atoms with van der Waals surface area (Å²) in [6.07, 6.45) is 1.21. The first-order valence-electron chi connectivity index (χ1n) is 6.55. The first-order valence-corrected chi connectivity index (χ1v) is 9.37. The van der Waals surface area contributed by atoms with Crippen molar-refractivity contribution >= 4 is 26.1 Å². The van der Waals surface area contributed by atoms with Crippen molar-refractivity contribution in [2.24, 2.45) is 5.10 Å². The van der Waals surface area contributed by atoms with E-state index in [4.69, 9.17) is 0 Å². The van der Waals surface area contributed by atoms with Crippen LogP contribution in [-0.2, 0) is 4.79 Å². The van der Waals surface area contributed by atoms with Gasteiger partial charge in [-0.25, -0.2) is 0 Å². The minimum Gasteiger partial charge on any atom is -0.298 e. The maximum atomic E-state index is 11.8. The molecule has 0 radical (unpaired) electrons. The number of anilines is 1. The number of benzene rings is 1. The van der Waals surface area contributed by atoms with Crippen molar-refractivity contribution in [3.05, 3.63) is 30.3 Å². The van der Waals surface area contributed by atoms with E-state index >= 15 is 0 Å². The number of Topliss-reactive ketones (excluding diaryl/α,β-unsaturated/α-hetero) is 1. The van der Waals surface area contributed by atoms with Gasteiger partial charge >= 0.3 is 0 Å². The van der Waals surface area contributed by atoms with Gasteiger partial charge in [-0.1, -0.05) is 45.1 Å². The lowest BCUT2D eigenvalue weighted by molar-refractivity contribution is -0.112. The third-order valence-electron chi connectivity index (χ3n) is 2.72. The predicted molar refractivity (Wildman–Crippen MR) is 80.8 cm³/mol. The van der Waals surface area contributed by atoms with Gasteiger partial charge in [-0.3, -0.25) is 9.47 Å². The molecular weight excluding hydrogens is 240 g/mol. The summed E-state index contributed by atoms with van der Waals surface area (Å²) in [6, 6.07) is 10.1. The Morgan fingerprint density at radius 2 is 1.78 bits per heavy atom. The highest BCUT2D eigenvalue weighted by atomic mass is 28.3. The number of hydrogen-bond acceptors (Lipinski definition) is 3. The summed E-state index contributed by atoms with van der Waals surface area (Å²) in [5.41, 5.74) is 1.76. The van der Waals surface area contributed by atoms with E-state index in [-0.39, 0.29) is 5.78 Å². The molecule has 0 N–H and O–H groups in total. The fourth-order valence-corrected chi connectivity index (χ4v) is 2.85. The minimum atomic E-state index is -1.14. The number of rotatable bonds is 6. The van der Waals surface area contributed by atoms with Crippen molar-refractivity contribution < 1.29 is 4.79 Å². The molecule has 0 saturated carbocycles. The minimum absolute atomic E-state index is 0.146. The average molecular weight is 262 g/mol. The summed E-state index contributed by atoms with van der Waals surface area (Å²) < 4.78 is 2.05. The first-order chi connectivity index (χ1) is 8.60. The number of carbonyl (C=O) groups is 1. The summed E-state index contributed by atoms with van der Waals surface area (Å²) in [6.45, 7) is 8.28. The van der Waals surface area contributed by atoms with E-state index in [1.54, 1.807) is 0 Å². The number of nitrogens with zero attached hydrogens (tertiary/aromatic N) is 2. The standard InChI is InChI=1S/C14H22N2OSi/c1-5-13(14(17)6-2)15-16(18(3)4)12-10-8-7-9-11-12/h7-11,18H,5-6H2,1-4H3. The van der Waals surface area contributed by atoms with Crippen LogP contribution < -0.4 is 4.67 Å². The molecule has 1 aromatic rings. The largest absolute Gasteiger partial charge is 0.298 e. The van der Waals surface area contributed by atoms with E-state index in [2.05, 4.69) is 18.2 Å². The van der Waals surface area contributed by atoms with Crippen LogP contribution in [0.4, 0.5) is 5.69 Å². The molecule has 0 spiro atoms. The van der Waals surface area contributed by atoms with E-state index in [0.29, 0.717) is 18.6 Å². The molecule has 98 valence electrons. The molecule has 3 nitrogen and oxygen atoms in total.